The summed E-state index contributed by atoms with van der Waals surface area (Å²) in [6.07, 6.45) is 7.02. The highest BCUT2D eigenvalue weighted by Crippen LogP contribution is 2.26. The van der Waals surface area contributed by atoms with Crippen LogP contribution in [-0.2, 0) is 6.54 Å². The predicted molar refractivity (Wildman–Crippen MR) is 114 cm³/mol. The summed E-state index contributed by atoms with van der Waals surface area (Å²) in [5.41, 5.74) is 1.31. The van der Waals surface area contributed by atoms with Crippen LogP contribution in [0.15, 0.2) is 42.3 Å². The van der Waals surface area contributed by atoms with Crippen molar-refractivity contribution in [3.05, 3.63) is 63.7 Å². The lowest BCUT2D eigenvalue weighted by Crippen LogP contribution is -2.32. The van der Waals surface area contributed by atoms with Crippen LogP contribution in [-0.4, -0.2) is 43.4 Å². The molecule has 0 bridgehead atoms. The molecule has 1 fully saturated rings. The molecule has 4 rings (SSSR count). The van der Waals surface area contributed by atoms with Gasteiger partial charge in [-0.3, -0.25) is 25.1 Å². The molecule has 3 heterocycles. The summed E-state index contributed by atoms with van der Waals surface area (Å²) in [4.78, 5) is 34.4. The second kappa shape index (κ2) is 8.72. The smallest absolute Gasteiger partial charge is 0.294 e. The van der Waals surface area contributed by atoms with Gasteiger partial charge < -0.3 is 4.57 Å². The molecular weight excluding hydrogens is 404 g/mol. The first-order chi connectivity index (χ1) is 14.5. The highest BCUT2D eigenvalue weighted by Gasteiger charge is 2.20. The number of amides is 1. The minimum atomic E-state index is -0.507. The molecule has 0 spiro atoms. The minimum absolute atomic E-state index is 0.167. The molecule has 1 aliphatic rings. The highest BCUT2D eigenvalue weighted by atomic mass is 32.1. The number of hydrogen-bond acceptors (Lipinski definition) is 7. The molecule has 0 radical (unpaired) electrons. The summed E-state index contributed by atoms with van der Waals surface area (Å²) in [5.74, 6) is 0.346. The summed E-state index contributed by atoms with van der Waals surface area (Å²) in [7, 11) is 0. The molecular formula is C20H22N6O3S. The van der Waals surface area contributed by atoms with E-state index in [-0.39, 0.29) is 11.3 Å². The van der Waals surface area contributed by atoms with Gasteiger partial charge in [0.1, 0.15) is 5.69 Å². The Kier molecular flexibility index (Phi) is 5.86. The van der Waals surface area contributed by atoms with Gasteiger partial charge >= 0.3 is 0 Å². The quantitative estimate of drug-likeness (QED) is 0.476. The number of nitro benzene ring substituents is 1. The predicted octanol–water partition coefficient (Wildman–Crippen LogP) is 3.72. The molecule has 1 N–H and O–H groups in total. The van der Waals surface area contributed by atoms with Gasteiger partial charge in [-0.05, 0) is 44.0 Å². The number of anilines is 1. The third-order valence-corrected chi connectivity index (χ3v) is 6.06. The molecule has 1 amide bonds. The topological polar surface area (TPSA) is 106 Å². The highest BCUT2D eigenvalue weighted by molar-refractivity contribution is 7.14. The van der Waals surface area contributed by atoms with Crippen LogP contribution in [0.5, 0.6) is 0 Å². The average Bonchev–Trinajstić information content (AvgIpc) is 3.41. The van der Waals surface area contributed by atoms with Gasteiger partial charge in [0.05, 0.1) is 16.9 Å². The molecule has 0 aliphatic carbocycles. The summed E-state index contributed by atoms with van der Waals surface area (Å²) in [5, 5.41) is 16.7. The number of carbonyl (C=O) groups excluding carboxylic acids is 1. The summed E-state index contributed by atoms with van der Waals surface area (Å²) in [6.45, 7) is 5.17. The molecule has 1 aromatic carbocycles. The van der Waals surface area contributed by atoms with Crippen molar-refractivity contribution in [1.29, 1.82) is 0 Å². The number of likely N-dealkylation sites (tertiary alicyclic amines) is 1. The van der Waals surface area contributed by atoms with Crippen LogP contribution in [0.4, 0.5) is 10.8 Å². The Labute approximate surface area is 177 Å². The largest absolute Gasteiger partial charge is 0.300 e. The van der Waals surface area contributed by atoms with Crippen LogP contribution in [0.1, 0.15) is 35.8 Å². The van der Waals surface area contributed by atoms with Gasteiger partial charge in [-0.25, -0.2) is 9.97 Å². The molecule has 30 heavy (non-hydrogen) atoms. The van der Waals surface area contributed by atoms with Gasteiger partial charge in [-0.15, -0.1) is 11.3 Å². The Hall–Kier alpha value is -3.11. The maximum atomic E-state index is 12.6. The van der Waals surface area contributed by atoms with Gasteiger partial charge in [-0.2, -0.15) is 0 Å². The van der Waals surface area contributed by atoms with Gasteiger partial charge in [0.2, 0.25) is 0 Å². The van der Waals surface area contributed by atoms with E-state index in [4.69, 9.17) is 0 Å². The van der Waals surface area contributed by atoms with Gasteiger partial charge in [0.15, 0.2) is 5.13 Å². The first-order valence-electron chi connectivity index (χ1n) is 9.74. The Morgan fingerprint density at radius 3 is 2.87 bits per heavy atom. The first kappa shape index (κ1) is 20.2. The number of aromatic nitrogens is 3. The Bertz CT molecular complexity index is 1040. The van der Waals surface area contributed by atoms with Crippen molar-refractivity contribution < 1.29 is 9.72 Å². The van der Waals surface area contributed by atoms with Crippen molar-refractivity contribution in [3.63, 3.8) is 0 Å². The van der Waals surface area contributed by atoms with E-state index in [2.05, 4.69) is 27.1 Å². The van der Waals surface area contributed by atoms with E-state index >= 15 is 0 Å². The number of rotatable bonds is 6. The molecule has 0 atom stereocenters. The number of nitrogens with zero attached hydrogens (tertiary/aromatic N) is 5. The summed E-state index contributed by atoms with van der Waals surface area (Å²) < 4.78 is 1.54. The molecule has 0 saturated carbocycles. The SMILES string of the molecule is CC1CCN(Cc2csc(NC(=O)c3ccc(-n4ccnc4)c([N+](=O)[O-])c3)n2)CC1. The van der Waals surface area contributed by atoms with Crippen LogP contribution in [0.2, 0.25) is 0 Å². The maximum absolute atomic E-state index is 12.6. The van der Waals surface area contributed by atoms with Crippen molar-refractivity contribution in [2.24, 2.45) is 5.92 Å². The second-order valence-electron chi connectivity index (χ2n) is 7.49. The van der Waals surface area contributed by atoms with Crippen molar-refractivity contribution in [1.82, 2.24) is 19.4 Å². The van der Waals surface area contributed by atoms with E-state index < -0.39 is 10.8 Å². The molecule has 1 aliphatic heterocycles. The molecule has 156 valence electrons. The maximum Gasteiger partial charge on any atom is 0.294 e. The number of benzene rings is 1. The Morgan fingerprint density at radius 1 is 1.37 bits per heavy atom. The van der Waals surface area contributed by atoms with Crippen molar-refractivity contribution in [3.8, 4) is 5.69 Å². The zero-order valence-electron chi connectivity index (χ0n) is 16.5. The fourth-order valence-corrected chi connectivity index (χ4v) is 4.18. The fourth-order valence-electron chi connectivity index (χ4n) is 3.49. The third-order valence-electron chi connectivity index (χ3n) is 5.25. The average molecular weight is 427 g/mol. The fraction of sp³-hybridized carbons (Fsp3) is 0.350. The van der Waals surface area contributed by atoms with Crippen molar-refractivity contribution >= 4 is 28.1 Å². The summed E-state index contributed by atoms with van der Waals surface area (Å²) in [6, 6.07) is 4.37. The van der Waals surface area contributed by atoms with E-state index in [0.717, 1.165) is 31.2 Å². The third kappa shape index (κ3) is 4.55. The van der Waals surface area contributed by atoms with Gasteiger partial charge in [-0.1, -0.05) is 6.92 Å². The van der Waals surface area contributed by atoms with Crippen LogP contribution >= 0.6 is 11.3 Å². The number of carbonyl (C=O) groups is 1. The normalized spacial score (nSPS) is 15.2. The molecule has 1 saturated heterocycles. The number of nitro groups is 1. The molecule has 0 unspecified atom stereocenters. The van der Waals surface area contributed by atoms with E-state index in [1.165, 1.54) is 47.3 Å². The van der Waals surface area contributed by atoms with Crippen LogP contribution in [0.3, 0.4) is 0 Å². The van der Waals surface area contributed by atoms with E-state index in [1.54, 1.807) is 18.3 Å². The lowest BCUT2D eigenvalue weighted by atomic mass is 9.99. The second-order valence-corrected chi connectivity index (χ2v) is 8.35. The number of piperidine rings is 1. The number of imidazole rings is 1. The van der Waals surface area contributed by atoms with E-state index in [9.17, 15) is 14.9 Å². The van der Waals surface area contributed by atoms with Crippen LogP contribution in [0.25, 0.3) is 5.69 Å². The minimum Gasteiger partial charge on any atom is -0.300 e. The Balaban J connectivity index is 1.44. The summed E-state index contributed by atoms with van der Waals surface area (Å²) >= 11 is 1.36. The standard InChI is InChI=1S/C20H22N6O3S/c1-14-4-7-24(8-5-14)11-16-12-30-20(22-16)23-19(27)15-2-3-17(18(10-15)26(28)29)25-9-6-21-13-25/h2-3,6,9-10,12-14H,4-5,7-8,11H2,1H3,(H,22,23,27). The molecule has 9 nitrogen and oxygen atoms in total. The van der Waals surface area contributed by atoms with Crippen molar-refractivity contribution in [2.75, 3.05) is 18.4 Å². The van der Waals surface area contributed by atoms with E-state index in [0.29, 0.717) is 10.8 Å². The zero-order valence-corrected chi connectivity index (χ0v) is 17.3. The number of thiazole rings is 1. The monoisotopic (exact) mass is 426 g/mol. The zero-order chi connectivity index (χ0) is 21.1. The lowest BCUT2D eigenvalue weighted by molar-refractivity contribution is -0.384. The van der Waals surface area contributed by atoms with Gasteiger partial charge in [0, 0.05) is 35.9 Å². The molecule has 3 aromatic rings. The molecule has 2 aromatic heterocycles. The first-order valence-corrected chi connectivity index (χ1v) is 10.6. The Morgan fingerprint density at radius 2 is 2.17 bits per heavy atom. The van der Waals surface area contributed by atoms with Gasteiger partial charge in [0.25, 0.3) is 11.6 Å². The van der Waals surface area contributed by atoms with Crippen LogP contribution in [0, 0.1) is 16.0 Å². The molecule has 10 heteroatoms. The lowest BCUT2D eigenvalue weighted by Gasteiger charge is -2.29. The van der Waals surface area contributed by atoms with E-state index in [1.807, 2.05) is 5.38 Å². The van der Waals surface area contributed by atoms with Crippen LogP contribution < -0.4 is 5.32 Å². The van der Waals surface area contributed by atoms with Crippen molar-refractivity contribution in [2.45, 2.75) is 26.3 Å². The number of nitrogens with one attached hydrogen (secondary N) is 1. The number of hydrogen-bond donors (Lipinski definition) is 1.